The number of nitrogens with one attached hydrogen (secondary N) is 2. The summed E-state index contributed by atoms with van der Waals surface area (Å²) in [4.78, 5) is 8.46. The lowest BCUT2D eigenvalue weighted by Gasteiger charge is -2.11. The summed E-state index contributed by atoms with van der Waals surface area (Å²) in [6, 6.07) is 14.1. The van der Waals surface area contributed by atoms with E-state index < -0.39 is 0 Å². The average Bonchev–Trinajstić information content (AvgIpc) is 3.12. The number of nitriles is 1. The quantitative estimate of drug-likeness (QED) is 0.249. The predicted molar refractivity (Wildman–Crippen MR) is 95.5 cm³/mol. The molecule has 0 unspecified atom stereocenters. The molecule has 0 saturated heterocycles. The molecule has 0 saturated carbocycles. The fourth-order valence-electron chi connectivity index (χ4n) is 2.49. The Balaban J connectivity index is 1.68. The molecule has 2 aromatic carbocycles. The summed E-state index contributed by atoms with van der Waals surface area (Å²) < 4.78 is 2.01. The third-order valence-corrected chi connectivity index (χ3v) is 3.62. The number of rotatable bonds is 5. The number of guanidine groups is 1. The van der Waals surface area contributed by atoms with Gasteiger partial charge >= 0.3 is 0 Å². The second kappa shape index (κ2) is 7.79. The van der Waals surface area contributed by atoms with E-state index >= 15 is 0 Å². The SMILES string of the molecule is N#CNC(=NCCCn1ccnc1)Nc1cccc2ccccc12. The number of aromatic nitrogens is 2. The molecule has 6 heteroatoms. The van der Waals surface area contributed by atoms with Crippen molar-refractivity contribution in [2.45, 2.75) is 13.0 Å². The molecule has 3 aromatic rings. The first-order valence-corrected chi connectivity index (χ1v) is 7.77. The molecule has 6 nitrogen and oxygen atoms in total. The Labute approximate surface area is 140 Å². The van der Waals surface area contributed by atoms with Crippen LogP contribution in [-0.4, -0.2) is 22.1 Å². The zero-order chi connectivity index (χ0) is 16.6. The van der Waals surface area contributed by atoms with E-state index in [0.29, 0.717) is 12.5 Å². The van der Waals surface area contributed by atoms with Crippen LogP contribution in [0.25, 0.3) is 10.8 Å². The topological polar surface area (TPSA) is 78.0 Å². The van der Waals surface area contributed by atoms with Crippen molar-refractivity contribution in [2.75, 3.05) is 11.9 Å². The lowest BCUT2D eigenvalue weighted by Crippen LogP contribution is -2.27. The molecule has 0 atom stereocenters. The zero-order valence-electron chi connectivity index (χ0n) is 13.2. The van der Waals surface area contributed by atoms with Gasteiger partial charge in [-0.1, -0.05) is 36.4 Å². The summed E-state index contributed by atoms with van der Waals surface area (Å²) in [6.45, 7) is 1.46. The van der Waals surface area contributed by atoms with Crippen LogP contribution in [0.4, 0.5) is 5.69 Å². The van der Waals surface area contributed by atoms with Gasteiger partial charge in [0, 0.05) is 36.6 Å². The minimum atomic E-state index is 0.458. The zero-order valence-corrected chi connectivity index (χ0v) is 13.2. The van der Waals surface area contributed by atoms with E-state index in [4.69, 9.17) is 5.26 Å². The van der Waals surface area contributed by atoms with Gasteiger partial charge in [0.2, 0.25) is 5.96 Å². The minimum Gasteiger partial charge on any atom is -0.337 e. The maximum absolute atomic E-state index is 8.94. The van der Waals surface area contributed by atoms with E-state index in [1.165, 1.54) is 0 Å². The molecule has 0 spiro atoms. The van der Waals surface area contributed by atoms with Crippen LogP contribution in [0.1, 0.15) is 6.42 Å². The predicted octanol–water partition coefficient (Wildman–Crippen LogP) is 2.97. The molecular formula is C18H18N6. The maximum Gasteiger partial charge on any atom is 0.209 e. The van der Waals surface area contributed by atoms with E-state index in [0.717, 1.165) is 29.4 Å². The van der Waals surface area contributed by atoms with E-state index in [1.54, 1.807) is 12.5 Å². The molecule has 0 fully saturated rings. The van der Waals surface area contributed by atoms with Crippen molar-refractivity contribution < 1.29 is 0 Å². The third-order valence-electron chi connectivity index (χ3n) is 3.62. The fraction of sp³-hybridized carbons (Fsp3) is 0.167. The van der Waals surface area contributed by atoms with Crippen LogP contribution in [0.5, 0.6) is 0 Å². The monoisotopic (exact) mass is 318 g/mol. The van der Waals surface area contributed by atoms with Crippen molar-refractivity contribution in [3.63, 3.8) is 0 Å². The van der Waals surface area contributed by atoms with Crippen molar-refractivity contribution >= 4 is 22.4 Å². The number of imidazole rings is 1. The number of hydrogen-bond acceptors (Lipinski definition) is 3. The molecule has 0 aliphatic heterocycles. The van der Waals surface area contributed by atoms with Crippen LogP contribution >= 0.6 is 0 Å². The van der Waals surface area contributed by atoms with Crippen molar-refractivity contribution in [2.24, 2.45) is 4.99 Å². The van der Waals surface area contributed by atoms with Gasteiger partial charge in [0.05, 0.1) is 6.33 Å². The normalized spacial score (nSPS) is 11.2. The molecule has 120 valence electrons. The van der Waals surface area contributed by atoms with Gasteiger partial charge in [-0.2, -0.15) is 5.26 Å². The van der Waals surface area contributed by atoms with E-state index in [2.05, 4.69) is 32.7 Å². The highest BCUT2D eigenvalue weighted by atomic mass is 15.2. The number of aliphatic imine (C=N–C) groups is 1. The molecular weight excluding hydrogens is 300 g/mol. The van der Waals surface area contributed by atoms with Gasteiger partial charge in [0.25, 0.3) is 0 Å². The number of benzene rings is 2. The molecule has 1 heterocycles. The lowest BCUT2D eigenvalue weighted by molar-refractivity contribution is 0.650. The van der Waals surface area contributed by atoms with Gasteiger partial charge in [-0.05, 0) is 17.9 Å². The first-order valence-electron chi connectivity index (χ1n) is 7.77. The molecule has 0 bridgehead atoms. The molecule has 24 heavy (non-hydrogen) atoms. The van der Waals surface area contributed by atoms with Gasteiger partial charge in [-0.25, -0.2) is 4.98 Å². The van der Waals surface area contributed by atoms with Crippen LogP contribution in [0.15, 0.2) is 66.2 Å². The number of aryl methyl sites for hydroxylation is 1. The van der Waals surface area contributed by atoms with Crippen molar-refractivity contribution in [1.29, 1.82) is 5.26 Å². The van der Waals surface area contributed by atoms with Crippen LogP contribution in [0.3, 0.4) is 0 Å². The molecule has 0 amide bonds. The largest absolute Gasteiger partial charge is 0.337 e. The molecule has 0 aliphatic rings. The summed E-state index contributed by atoms with van der Waals surface area (Å²) in [5.74, 6) is 0.458. The Morgan fingerprint density at radius 1 is 1.21 bits per heavy atom. The fourth-order valence-corrected chi connectivity index (χ4v) is 2.49. The Hall–Kier alpha value is -3.33. The standard InChI is InChI=1S/C18H18N6/c19-13-22-18(21-9-4-11-24-12-10-20-14-24)23-17-8-3-6-15-5-1-2-7-16(15)17/h1-3,5-8,10,12,14H,4,9,11H2,(H2,21,22,23). The highest BCUT2D eigenvalue weighted by molar-refractivity contribution is 6.03. The summed E-state index contributed by atoms with van der Waals surface area (Å²) in [5, 5.41) is 17.0. The average molecular weight is 318 g/mol. The van der Waals surface area contributed by atoms with Crippen molar-refractivity contribution in [3.05, 3.63) is 61.2 Å². The smallest absolute Gasteiger partial charge is 0.209 e. The molecule has 0 aliphatic carbocycles. The summed E-state index contributed by atoms with van der Waals surface area (Å²) >= 11 is 0. The van der Waals surface area contributed by atoms with Gasteiger partial charge in [0.1, 0.15) is 0 Å². The molecule has 3 rings (SSSR count). The van der Waals surface area contributed by atoms with Gasteiger partial charge in [-0.3, -0.25) is 10.3 Å². The summed E-state index contributed by atoms with van der Waals surface area (Å²) in [7, 11) is 0. The number of nitrogens with zero attached hydrogens (tertiary/aromatic N) is 4. The molecule has 0 radical (unpaired) electrons. The van der Waals surface area contributed by atoms with Crippen molar-refractivity contribution in [3.8, 4) is 6.19 Å². The van der Waals surface area contributed by atoms with Gasteiger partial charge in [-0.15, -0.1) is 0 Å². The Kier molecular flexibility index (Phi) is 5.05. The highest BCUT2D eigenvalue weighted by Crippen LogP contribution is 2.22. The number of fused-ring (bicyclic) bond motifs is 1. The number of anilines is 1. The van der Waals surface area contributed by atoms with E-state index in [1.807, 2.05) is 47.3 Å². The van der Waals surface area contributed by atoms with Crippen LogP contribution in [0, 0.1) is 11.5 Å². The van der Waals surface area contributed by atoms with E-state index in [-0.39, 0.29) is 0 Å². The Morgan fingerprint density at radius 3 is 2.92 bits per heavy atom. The van der Waals surface area contributed by atoms with Gasteiger partial charge < -0.3 is 9.88 Å². The highest BCUT2D eigenvalue weighted by Gasteiger charge is 2.03. The van der Waals surface area contributed by atoms with Crippen LogP contribution in [0.2, 0.25) is 0 Å². The minimum absolute atomic E-state index is 0.458. The first-order chi connectivity index (χ1) is 11.9. The van der Waals surface area contributed by atoms with Gasteiger partial charge in [0.15, 0.2) is 6.19 Å². The number of hydrogen-bond donors (Lipinski definition) is 2. The molecule has 2 N–H and O–H groups in total. The lowest BCUT2D eigenvalue weighted by atomic mass is 10.1. The summed E-state index contributed by atoms with van der Waals surface area (Å²) in [6.07, 6.45) is 8.26. The van der Waals surface area contributed by atoms with Crippen LogP contribution < -0.4 is 10.6 Å². The maximum atomic E-state index is 8.94. The summed E-state index contributed by atoms with van der Waals surface area (Å²) in [5.41, 5.74) is 0.921. The van der Waals surface area contributed by atoms with E-state index in [9.17, 15) is 0 Å². The first kappa shape index (κ1) is 15.6. The second-order valence-corrected chi connectivity index (χ2v) is 5.27. The Bertz CT molecular complexity index is 855. The Morgan fingerprint density at radius 2 is 2.08 bits per heavy atom. The third kappa shape index (κ3) is 3.90. The molecule has 1 aromatic heterocycles. The van der Waals surface area contributed by atoms with Crippen LogP contribution in [-0.2, 0) is 6.54 Å². The van der Waals surface area contributed by atoms with Crippen molar-refractivity contribution in [1.82, 2.24) is 14.9 Å². The second-order valence-electron chi connectivity index (χ2n) is 5.27.